The van der Waals surface area contributed by atoms with Gasteiger partial charge >= 0.3 is 0 Å². The average Bonchev–Trinajstić information content (AvgIpc) is 2.61. The number of rotatable bonds is 4. The molecule has 3 heteroatoms. The van der Waals surface area contributed by atoms with Crippen molar-refractivity contribution in [1.29, 1.82) is 5.26 Å². The summed E-state index contributed by atoms with van der Waals surface area (Å²) in [6.07, 6.45) is 3.08. The van der Waals surface area contributed by atoms with E-state index in [-0.39, 0.29) is 5.54 Å². The van der Waals surface area contributed by atoms with Gasteiger partial charge in [0.05, 0.1) is 6.07 Å². The molecule has 2 atom stereocenters. The first-order chi connectivity index (χ1) is 7.82. The van der Waals surface area contributed by atoms with Gasteiger partial charge in [-0.25, -0.2) is 0 Å². The molecule has 0 amide bonds. The Morgan fingerprint density at radius 2 is 2.12 bits per heavy atom. The molecule has 1 saturated carbocycles. The van der Waals surface area contributed by atoms with E-state index in [9.17, 15) is 5.26 Å². The zero-order valence-electron chi connectivity index (χ0n) is 12.0. The molecule has 0 aromatic rings. The van der Waals surface area contributed by atoms with Gasteiger partial charge in [0.25, 0.3) is 0 Å². The highest BCUT2D eigenvalue weighted by Gasteiger charge is 2.40. The van der Waals surface area contributed by atoms with Crippen LogP contribution in [0.25, 0.3) is 0 Å². The molecule has 0 aliphatic heterocycles. The van der Waals surface area contributed by atoms with Crippen LogP contribution in [0.15, 0.2) is 0 Å². The molecule has 1 rings (SSSR count). The molecule has 1 N–H and O–H groups in total. The van der Waals surface area contributed by atoms with Crippen LogP contribution < -0.4 is 5.32 Å². The molecule has 1 fully saturated rings. The highest BCUT2D eigenvalue weighted by molar-refractivity contribution is 5.13. The summed E-state index contributed by atoms with van der Waals surface area (Å²) in [5.41, 5.74) is 0.0520. The summed E-state index contributed by atoms with van der Waals surface area (Å²) in [6, 6.07) is 3.04. The maximum atomic E-state index is 9.35. The van der Waals surface area contributed by atoms with E-state index < -0.39 is 0 Å². The van der Waals surface area contributed by atoms with Crippen LogP contribution in [-0.4, -0.2) is 36.6 Å². The minimum Gasteiger partial charge on any atom is -0.303 e. The molecule has 0 heterocycles. The lowest BCUT2D eigenvalue weighted by atomic mass is 9.94. The normalized spacial score (nSPS) is 29.6. The van der Waals surface area contributed by atoms with E-state index in [1.54, 1.807) is 0 Å². The molecule has 1 aliphatic carbocycles. The second-order valence-corrected chi connectivity index (χ2v) is 6.60. The van der Waals surface area contributed by atoms with Crippen LogP contribution in [0.5, 0.6) is 0 Å². The van der Waals surface area contributed by atoms with Gasteiger partial charge in [-0.3, -0.25) is 5.32 Å². The maximum absolute atomic E-state index is 9.35. The lowest BCUT2D eigenvalue weighted by Gasteiger charge is -2.32. The van der Waals surface area contributed by atoms with Crippen molar-refractivity contribution in [1.82, 2.24) is 10.2 Å². The van der Waals surface area contributed by atoms with Gasteiger partial charge < -0.3 is 4.90 Å². The molecule has 17 heavy (non-hydrogen) atoms. The Kier molecular flexibility index (Phi) is 4.57. The Balaban J connectivity index is 2.58. The molecule has 0 aromatic carbocycles. The first-order valence-electron chi connectivity index (χ1n) is 6.68. The first-order valence-corrected chi connectivity index (χ1v) is 6.68. The summed E-state index contributed by atoms with van der Waals surface area (Å²) in [6.45, 7) is 10.8. The third-order valence-corrected chi connectivity index (χ3v) is 3.56. The van der Waals surface area contributed by atoms with E-state index in [0.29, 0.717) is 11.5 Å². The van der Waals surface area contributed by atoms with E-state index in [4.69, 9.17) is 0 Å². The SMILES string of the molecule is CCNC1(C#N)CCC(N(C)CC(C)(C)C)C1. The molecular weight excluding hydrogens is 210 g/mol. The largest absolute Gasteiger partial charge is 0.303 e. The fourth-order valence-corrected chi connectivity index (χ4v) is 2.91. The zero-order valence-corrected chi connectivity index (χ0v) is 12.0. The second kappa shape index (κ2) is 5.37. The van der Waals surface area contributed by atoms with Crippen LogP contribution in [0, 0.1) is 16.7 Å². The topological polar surface area (TPSA) is 39.1 Å². The summed E-state index contributed by atoms with van der Waals surface area (Å²) in [4.78, 5) is 2.43. The van der Waals surface area contributed by atoms with E-state index in [0.717, 1.165) is 32.4 Å². The lowest BCUT2D eigenvalue weighted by molar-refractivity contribution is 0.169. The smallest absolute Gasteiger partial charge is 0.108 e. The summed E-state index contributed by atoms with van der Waals surface area (Å²) >= 11 is 0. The van der Waals surface area contributed by atoms with Crippen molar-refractivity contribution in [2.45, 2.75) is 58.5 Å². The van der Waals surface area contributed by atoms with Gasteiger partial charge in [0, 0.05) is 12.6 Å². The Labute approximate surface area is 106 Å². The van der Waals surface area contributed by atoms with E-state index in [1.807, 2.05) is 0 Å². The Hall–Kier alpha value is -0.590. The van der Waals surface area contributed by atoms with Gasteiger partial charge in [0.15, 0.2) is 0 Å². The van der Waals surface area contributed by atoms with Crippen LogP contribution >= 0.6 is 0 Å². The van der Waals surface area contributed by atoms with Crippen molar-refractivity contribution in [3.8, 4) is 6.07 Å². The Morgan fingerprint density at radius 3 is 2.59 bits per heavy atom. The number of nitriles is 1. The Bertz CT molecular complexity index is 287. The van der Waals surface area contributed by atoms with E-state index >= 15 is 0 Å². The van der Waals surface area contributed by atoms with Crippen molar-refractivity contribution in [3.05, 3.63) is 0 Å². The summed E-state index contributed by atoms with van der Waals surface area (Å²) < 4.78 is 0. The van der Waals surface area contributed by atoms with Gasteiger partial charge in [0.1, 0.15) is 5.54 Å². The fourth-order valence-electron chi connectivity index (χ4n) is 2.91. The van der Waals surface area contributed by atoms with Crippen LogP contribution in [0.2, 0.25) is 0 Å². The Morgan fingerprint density at radius 1 is 1.47 bits per heavy atom. The maximum Gasteiger partial charge on any atom is 0.108 e. The standard InChI is InChI=1S/C14H27N3/c1-6-16-14(10-15)8-7-12(9-14)17(5)11-13(2,3)4/h12,16H,6-9,11H2,1-5H3. The monoisotopic (exact) mass is 237 g/mol. The van der Waals surface area contributed by atoms with Crippen molar-refractivity contribution < 1.29 is 0 Å². The van der Waals surface area contributed by atoms with Crippen LogP contribution in [-0.2, 0) is 0 Å². The number of hydrogen-bond acceptors (Lipinski definition) is 3. The van der Waals surface area contributed by atoms with Crippen molar-refractivity contribution in [2.75, 3.05) is 20.1 Å². The molecule has 0 aromatic heterocycles. The quantitative estimate of drug-likeness (QED) is 0.816. The molecule has 3 nitrogen and oxygen atoms in total. The summed E-state index contributed by atoms with van der Waals surface area (Å²) in [5, 5.41) is 12.7. The predicted octanol–water partition coefficient (Wildman–Crippen LogP) is 2.39. The molecular formula is C14H27N3. The predicted molar refractivity (Wildman–Crippen MR) is 71.7 cm³/mol. The van der Waals surface area contributed by atoms with Crippen LogP contribution in [0.3, 0.4) is 0 Å². The highest BCUT2D eigenvalue weighted by atomic mass is 15.2. The van der Waals surface area contributed by atoms with E-state index in [1.165, 1.54) is 0 Å². The lowest BCUT2D eigenvalue weighted by Crippen LogP contribution is -2.44. The highest BCUT2D eigenvalue weighted by Crippen LogP contribution is 2.33. The molecule has 0 radical (unpaired) electrons. The van der Waals surface area contributed by atoms with Gasteiger partial charge in [0.2, 0.25) is 0 Å². The molecule has 0 saturated heterocycles. The minimum atomic E-state index is -0.272. The molecule has 0 bridgehead atoms. The molecule has 1 aliphatic rings. The third kappa shape index (κ3) is 3.97. The summed E-state index contributed by atoms with van der Waals surface area (Å²) in [5.74, 6) is 0. The number of hydrogen-bond donors (Lipinski definition) is 1. The molecule has 2 unspecified atom stereocenters. The minimum absolute atomic E-state index is 0.272. The number of nitrogens with one attached hydrogen (secondary N) is 1. The van der Waals surface area contributed by atoms with Crippen molar-refractivity contribution >= 4 is 0 Å². The van der Waals surface area contributed by atoms with Gasteiger partial charge in [-0.1, -0.05) is 27.7 Å². The average molecular weight is 237 g/mol. The molecule has 98 valence electrons. The summed E-state index contributed by atoms with van der Waals surface area (Å²) in [7, 11) is 2.19. The van der Waals surface area contributed by atoms with Crippen molar-refractivity contribution in [2.24, 2.45) is 5.41 Å². The molecule has 0 spiro atoms. The fraction of sp³-hybridized carbons (Fsp3) is 0.929. The van der Waals surface area contributed by atoms with Gasteiger partial charge in [-0.05, 0) is 38.3 Å². The van der Waals surface area contributed by atoms with E-state index in [2.05, 4.69) is 51.0 Å². The number of nitrogens with zero attached hydrogens (tertiary/aromatic N) is 2. The van der Waals surface area contributed by atoms with Crippen molar-refractivity contribution in [3.63, 3.8) is 0 Å². The second-order valence-electron chi connectivity index (χ2n) is 6.60. The third-order valence-electron chi connectivity index (χ3n) is 3.56. The zero-order chi connectivity index (χ0) is 13.1. The van der Waals surface area contributed by atoms with Crippen LogP contribution in [0.1, 0.15) is 47.0 Å². The first kappa shape index (κ1) is 14.5. The van der Waals surface area contributed by atoms with Gasteiger partial charge in [-0.2, -0.15) is 5.26 Å². The van der Waals surface area contributed by atoms with Crippen LogP contribution in [0.4, 0.5) is 0 Å². The van der Waals surface area contributed by atoms with Gasteiger partial charge in [-0.15, -0.1) is 0 Å².